The molecule has 1 N–H and O–H groups in total. The molecule has 1 aliphatic rings. The fourth-order valence-corrected chi connectivity index (χ4v) is 1.13. The van der Waals surface area contributed by atoms with Crippen molar-refractivity contribution in [1.82, 2.24) is 0 Å². The van der Waals surface area contributed by atoms with Gasteiger partial charge in [0.15, 0.2) is 0 Å². The van der Waals surface area contributed by atoms with Crippen LogP contribution >= 0.6 is 0 Å². The standard InChI is InChI=1S/C9H14O4/c1-3-13-8(10)4-7-5-12-6-9(7,2)11/h4,11H,3,5-6H2,1-2H3/b7-4+. The molecule has 0 aromatic carbocycles. The van der Waals surface area contributed by atoms with Crippen molar-refractivity contribution in [3.8, 4) is 0 Å². The number of carbonyl (C=O) groups excluding carboxylic acids is 1. The molecular formula is C9H14O4. The molecular weight excluding hydrogens is 172 g/mol. The van der Waals surface area contributed by atoms with E-state index in [4.69, 9.17) is 9.47 Å². The van der Waals surface area contributed by atoms with E-state index in [1.54, 1.807) is 13.8 Å². The zero-order valence-electron chi connectivity index (χ0n) is 7.87. The van der Waals surface area contributed by atoms with Crippen molar-refractivity contribution in [1.29, 1.82) is 0 Å². The first-order valence-electron chi connectivity index (χ1n) is 4.24. The monoisotopic (exact) mass is 186 g/mol. The van der Waals surface area contributed by atoms with Crippen molar-refractivity contribution >= 4 is 5.97 Å². The number of ether oxygens (including phenoxy) is 2. The summed E-state index contributed by atoms with van der Waals surface area (Å²) in [5, 5.41) is 9.67. The van der Waals surface area contributed by atoms with Crippen molar-refractivity contribution in [3.63, 3.8) is 0 Å². The third-order valence-electron chi connectivity index (χ3n) is 1.91. The van der Waals surface area contributed by atoms with E-state index in [-0.39, 0.29) is 6.61 Å². The van der Waals surface area contributed by atoms with Gasteiger partial charge >= 0.3 is 5.97 Å². The molecule has 4 nitrogen and oxygen atoms in total. The lowest BCUT2D eigenvalue weighted by atomic mass is 10.00. The van der Waals surface area contributed by atoms with Crippen LogP contribution in [0.1, 0.15) is 13.8 Å². The maximum absolute atomic E-state index is 11.0. The molecule has 1 aliphatic heterocycles. The van der Waals surface area contributed by atoms with Gasteiger partial charge in [-0.3, -0.25) is 0 Å². The Morgan fingerprint density at radius 3 is 3.00 bits per heavy atom. The van der Waals surface area contributed by atoms with Crippen molar-refractivity contribution in [3.05, 3.63) is 11.6 Å². The summed E-state index contributed by atoms with van der Waals surface area (Å²) in [6.45, 7) is 4.22. The third kappa shape index (κ3) is 2.54. The molecule has 0 bridgehead atoms. The molecule has 1 rings (SSSR count). The van der Waals surface area contributed by atoms with Crippen molar-refractivity contribution in [2.45, 2.75) is 19.4 Å². The highest BCUT2D eigenvalue weighted by Gasteiger charge is 2.32. The zero-order valence-corrected chi connectivity index (χ0v) is 7.87. The lowest BCUT2D eigenvalue weighted by molar-refractivity contribution is -0.137. The molecule has 0 amide bonds. The highest BCUT2D eigenvalue weighted by atomic mass is 16.5. The highest BCUT2D eigenvalue weighted by molar-refractivity contribution is 5.83. The number of aliphatic hydroxyl groups is 1. The predicted octanol–water partition coefficient (Wildman–Crippen LogP) is 0.257. The predicted molar refractivity (Wildman–Crippen MR) is 46.2 cm³/mol. The second-order valence-corrected chi connectivity index (χ2v) is 3.19. The second kappa shape index (κ2) is 3.89. The molecule has 13 heavy (non-hydrogen) atoms. The van der Waals surface area contributed by atoms with Gasteiger partial charge < -0.3 is 14.6 Å². The Morgan fingerprint density at radius 2 is 2.54 bits per heavy atom. The summed E-state index contributed by atoms with van der Waals surface area (Å²) in [4.78, 5) is 11.0. The number of hydrogen-bond donors (Lipinski definition) is 1. The Bertz CT molecular complexity index is 230. The minimum absolute atomic E-state index is 0.234. The number of esters is 1. The van der Waals surface area contributed by atoms with Crippen LogP contribution in [-0.4, -0.2) is 36.5 Å². The summed E-state index contributed by atoms with van der Waals surface area (Å²) in [5.74, 6) is -0.428. The zero-order chi connectivity index (χ0) is 9.90. The minimum Gasteiger partial charge on any atom is -0.463 e. The van der Waals surface area contributed by atoms with Crippen LogP contribution in [0, 0.1) is 0 Å². The third-order valence-corrected chi connectivity index (χ3v) is 1.91. The Kier molecular flexibility index (Phi) is 3.06. The first-order valence-corrected chi connectivity index (χ1v) is 4.24. The van der Waals surface area contributed by atoms with Crippen LogP contribution in [0.25, 0.3) is 0 Å². The van der Waals surface area contributed by atoms with E-state index in [0.29, 0.717) is 18.8 Å². The Labute approximate surface area is 77.1 Å². The summed E-state index contributed by atoms with van der Waals surface area (Å²) >= 11 is 0. The van der Waals surface area contributed by atoms with Gasteiger partial charge in [-0.2, -0.15) is 0 Å². The lowest BCUT2D eigenvalue weighted by Gasteiger charge is -2.14. The molecule has 1 fully saturated rings. The summed E-state index contributed by atoms with van der Waals surface area (Å²) in [6, 6.07) is 0. The summed E-state index contributed by atoms with van der Waals surface area (Å²) in [7, 11) is 0. The van der Waals surface area contributed by atoms with Gasteiger partial charge in [0.05, 0.1) is 19.8 Å². The summed E-state index contributed by atoms with van der Waals surface area (Å²) in [5.41, 5.74) is -0.446. The van der Waals surface area contributed by atoms with E-state index in [9.17, 15) is 9.90 Å². The van der Waals surface area contributed by atoms with Gasteiger partial charge in [0.1, 0.15) is 5.60 Å². The quantitative estimate of drug-likeness (QED) is 0.496. The number of hydrogen-bond acceptors (Lipinski definition) is 4. The molecule has 4 heteroatoms. The molecule has 0 aromatic rings. The van der Waals surface area contributed by atoms with Crippen LogP contribution in [0.5, 0.6) is 0 Å². The fraction of sp³-hybridized carbons (Fsp3) is 0.667. The summed E-state index contributed by atoms with van der Waals surface area (Å²) in [6.07, 6.45) is 1.30. The van der Waals surface area contributed by atoms with Crippen LogP contribution in [-0.2, 0) is 14.3 Å². The normalized spacial score (nSPS) is 30.8. The molecule has 0 radical (unpaired) electrons. The Hall–Kier alpha value is -0.870. The molecule has 0 spiro atoms. The van der Waals surface area contributed by atoms with Crippen molar-refractivity contribution in [2.75, 3.05) is 19.8 Å². The van der Waals surface area contributed by atoms with Gasteiger partial charge in [-0.25, -0.2) is 4.79 Å². The van der Waals surface area contributed by atoms with Crippen LogP contribution in [0.4, 0.5) is 0 Å². The maximum atomic E-state index is 11.0. The van der Waals surface area contributed by atoms with E-state index in [1.165, 1.54) is 6.08 Å². The van der Waals surface area contributed by atoms with E-state index in [2.05, 4.69) is 0 Å². The molecule has 0 aromatic heterocycles. The van der Waals surface area contributed by atoms with Crippen molar-refractivity contribution in [2.24, 2.45) is 0 Å². The smallest absolute Gasteiger partial charge is 0.330 e. The molecule has 1 saturated heterocycles. The maximum Gasteiger partial charge on any atom is 0.330 e. The molecule has 0 saturated carbocycles. The van der Waals surface area contributed by atoms with E-state index in [1.807, 2.05) is 0 Å². The van der Waals surface area contributed by atoms with Gasteiger partial charge in [-0.1, -0.05) is 0 Å². The van der Waals surface area contributed by atoms with Gasteiger partial charge in [-0.15, -0.1) is 0 Å². The van der Waals surface area contributed by atoms with Crippen LogP contribution < -0.4 is 0 Å². The van der Waals surface area contributed by atoms with E-state index < -0.39 is 11.6 Å². The van der Waals surface area contributed by atoms with Crippen molar-refractivity contribution < 1.29 is 19.4 Å². The largest absolute Gasteiger partial charge is 0.463 e. The summed E-state index contributed by atoms with van der Waals surface area (Å²) < 4.78 is 9.74. The van der Waals surface area contributed by atoms with Gasteiger partial charge in [0, 0.05) is 6.08 Å². The van der Waals surface area contributed by atoms with Crippen LogP contribution in [0.3, 0.4) is 0 Å². The van der Waals surface area contributed by atoms with Gasteiger partial charge in [-0.05, 0) is 19.4 Å². The average molecular weight is 186 g/mol. The Balaban J connectivity index is 2.65. The molecule has 1 heterocycles. The van der Waals surface area contributed by atoms with Crippen LogP contribution in [0.15, 0.2) is 11.6 Å². The van der Waals surface area contributed by atoms with E-state index >= 15 is 0 Å². The lowest BCUT2D eigenvalue weighted by Crippen LogP contribution is -2.26. The number of carbonyl (C=O) groups is 1. The topological polar surface area (TPSA) is 55.8 Å². The van der Waals surface area contributed by atoms with Crippen LogP contribution in [0.2, 0.25) is 0 Å². The fourth-order valence-electron chi connectivity index (χ4n) is 1.13. The number of rotatable bonds is 2. The van der Waals surface area contributed by atoms with Gasteiger partial charge in [0.25, 0.3) is 0 Å². The average Bonchev–Trinajstić information content (AvgIpc) is 2.31. The highest BCUT2D eigenvalue weighted by Crippen LogP contribution is 2.23. The first-order chi connectivity index (χ1) is 6.06. The second-order valence-electron chi connectivity index (χ2n) is 3.19. The molecule has 1 unspecified atom stereocenters. The Morgan fingerprint density at radius 1 is 1.85 bits per heavy atom. The SMILES string of the molecule is CCOC(=O)/C=C1\COCC1(C)O. The van der Waals surface area contributed by atoms with Gasteiger partial charge in [0.2, 0.25) is 0 Å². The molecule has 1 atom stereocenters. The van der Waals surface area contributed by atoms with E-state index in [0.717, 1.165) is 0 Å². The molecule has 74 valence electrons. The first kappa shape index (κ1) is 10.2. The molecule has 0 aliphatic carbocycles. The minimum atomic E-state index is -1.02.